The summed E-state index contributed by atoms with van der Waals surface area (Å²) in [6.45, 7) is 3.40. The summed E-state index contributed by atoms with van der Waals surface area (Å²) in [5.74, 6) is -2.07. The van der Waals surface area contributed by atoms with Crippen LogP contribution in [0.2, 0.25) is 0 Å². The Bertz CT molecular complexity index is 323. The second-order valence-electron chi connectivity index (χ2n) is 4.05. The third-order valence-corrected chi connectivity index (χ3v) is 3.64. The first-order chi connectivity index (χ1) is 8.33. The number of rotatable bonds is 8. The van der Waals surface area contributed by atoms with E-state index in [-0.39, 0.29) is 24.7 Å². The van der Waals surface area contributed by atoms with Crippen LogP contribution >= 0.6 is 22.5 Å². The van der Waals surface area contributed by atoms with E-state index in [0.29, 0.717) is 0 Å². The Labute approximate surface area is 115 Å². The maximum atomic E-state index is 11.8. The van der Waals surface area contributed by atoms with Crippen molar-refractivity contribution >= 4 is 40.1 Å². The van der Waals surface area contributed by atoms with Gasteiger partial charge in [0.1, 0.15) is 5.25 Å². The summed E-state index contributed by atoms with van der Waals surface area (Å²) in [4.78, 5) is 34.0. The Morgan fingerprint density at radius 1 is 1.39 bits per heavy atom. The van der Waals surface area contributed by atoms with Gasteiger partial charge in [0.2, 0.25) is 5.91 Å². The molecule has 0 aliphatic carbocycles. The molecule has 0 aromatic carbocycles. The molecule has 8 heteroatoms. The Morgan fingerprint density at radius 2 is 1.94 bits per heavy atom. The summed E-state index contributed by atoms with van der Waals surface area (Å²) in [6.07, 6.45) is -0.354. The van der Waals surface area contributed by atoms with Gasteiger partial charge in [-0.15, -0.1) is 11.7 Å². The van der Waals surface area contributed by atoms with Crippen molar-refractivity contribution in [2.75, 3.05) is 6.54 Å². The van der Waals surface area contributed by atoms with E-state index < -0.39 is 23.2 Å². The van der Waals surface area contributed by atoms with Crippen LogP contribution in [0.3, 0.4) is 0 Å². The van der Waals surface area contributed by atoms with Crippen LogP contribution in [-0.2, 0) is 14.4 Å². The number of hydrogen-bond acceptors (Lipinski definition) is 6. The molecule has 0 saturated carbocycles. The van der Waals surface area contributed by atoms with Gasteiger partial charge in [-0.2, -0.15) is 0 Å². The van der Waals surface area contributed by atoms with Gasteiger partial charge in [0.05, 0.1) is 12.5 Å². The number of carboxylic acid groups (broad SMARTS) is 1. The number of ketones is 1. The monoisotopic (exact) mass is 294 g/mol. The average molecular weight is 294 g/mol. The maximum absolute atomic E-state index is 11.8. The standard InChI is InChI=1S/C10H18N2O4S2/c1-5(2)9(15)6(4-11)12-10(16)7(18-17)3-8(13)14/h5-7,17H,3-4,11H2,1-2H3,(H,12,16)(H,13,14). The van der Waals surface area contributed by atoms with Gasteiger partial charge in [-0.05, 0) is 0 Å². The van der Waals surface area contributed by atoms with Crippen molar-refractivity contribution in [2.45, 2.75) is 31.6 Å². The second-order valence-corrected chi connectivity index (χ2v) is 5.46. The zero-order valence-electron chi connectivity index (χ0n) is 10.3. The first-order valence-electron chi connectivity index (χ1n) is 5.39. The minimum absolute atomic E-state index is 0.0141. The largest absolute Gasteiger partial charge is 0.481 e. The minimum atomic E-state index is -1.10. The number of hydrogen-bond donors (Lipinski definition) is 4. The number of amides is 1. The summed E-state index contributed by atoms with van der Waals surface area (Å²) >= 11 is 3.85. The molecule has 1 amide bonds. The molecule has 0 aliphatic heterocycles. The quantitative estimate of drug-likeness (QED) is 0.373. The molecule has 0 aromatic rings. The second kappa shape index (κ2) is 8.39. The van der Waals surface area contributed by atoms with E-state index in [1.807, 2.05) is 0 Å². The first-order valence-corrected chi connectivity index (χ1v) is 7.32. The molecular formula is C10H18N2O4S2. The molecule has 18 heavy (non-hydrogen) atoms. The molecule has 2 unspecified atom stereocenters. The fraction of sp³-hybridized carbons (Fsp3) is 0.700. The highest BCUT2D eigenvalue weighted by atomic mass is 33.1. The molecule has 2 atom stereocenters. The van der Waals surface area contributed by atoms with Gasteiger partial charge < -0.3 is 16.2 Å². The summed E-state index contributed by atoms with van der Waals surface area (Å²) in [5.41, 5.74) is 5.42. The third kappa shape index (κ3) is 5.74. The van der Waals surface area contributed by atoms with Gasteiger partial charge in [0.15, 0.2) is 5.78 Å². The molecule has 0 spiro atoms. The van der Waals surface area contributed by atoms with E-state index in [2.05, 4.69) is 17.0 Å². The highest BCUT2D eigenvalue weighted by Crippen LogP contribution is 2.18. The van der Waals surface area contributed by atoms with Crippen LogP contribution in [-0.4, -0.2) is 40.6 Å². The van der Waals surface area contributed by atoms with Gasteiger partial charge in [0, 0.05) is 12.5 Å². The summed E-state index contributed by atoms with van der Waals surface area (Å²) in [6, 6.07) is -0.783. The van der Waals surface area contributed by atoms with Crippen LogP contribution in [0, 0.1) is 5.92 Å². The van der Waals surface area contributed by atoms with Crippen LogP contribution in [0.15, 0.2) is 0 Å². The Balaban J connectivity index is 4.59. The van der Waals surface area contributed by atoms with Crippen molar-refractivity contribution in [3.63, 3.8) is 0 Å². The number of nitrogens with two attached hydrogens (primary N) is 1. The molecule has 0 rings (SSSR count). The number of carbonyl (C=O) groups is 3. The number of aliphatic carboxylic acids is 1. The molecule has 0 aliphatic rings. The van der Waals surface area contributed by atoms with E-state index in [4.69, 9.17) is 10.8 Å². The van der Waals surface area contributed by atoms with Crippen LogP contribution in [0.25, 0.3) is 0 Å². The smallest absolute Gasteiger partial charge is 0.305 e. The van der Waals surface area contributed by atoms with Crippen LogP contribution in [0.5, 0.6) is 0 Å². The Kier molecular flexibility index (Phi) is 8.05. The van der Waals surface area contributed by atoms with Crippen LogP contribution < -0.4 is 11.1 Å². The number of carbonyl (C=O) groups excluding carboxylic acids is 2. The van der Waals surface area contributed by atoms with Crippen molar-refractivity contribution in [2.24, 2.45) is 11.7 Å². The van der Waals surface area contributed by atoms with E-state index in [1.165, 1.54) is 0 Å². The molecule has 0 saturated heterocycles. The van der Waals surface area contributed by atoms with Gasteiger partial charge in [-0.3, -0.25) is 14.4 Å². The predicted molar refractivity (Wildman–Crippen MR) is 73.4 cm³/mol. The molecule has 104 valence electrons. The third-order valence-electron chi connectivity index (χ3n) is 2.24. The molecule has 0 fully saturated rings. The zero-order chi connectivity index (χ0) is 14.3. The maximum Gasteiger partial charge on any atom is 0.305 e. The van der Waals surface area contributed by atoms with Gasteiger partial charge in [-0.25, -0.2) is 0 Å². The van der Waals surface area contributed by atoms with Crippen molar-refractivity contribution in [1.29, 1.82) is 0 Å². The highest BCUT2D eigenvalue weighted by molar-refractivity contribution is 8.69. The molecule has 0 aromatic heterocycles. The SMILES string of the molecule is CC(C)C(=O)C(CN)NC(=O)C(CC(=O)O)SS. The van der Waals surface area contributed by atoms with E-state index in [1.54, 1.807) is 13.8 Å². The summed E-state index contributed by atoms with van der Waals surface area (Å²) < 4.78 is 0. The van der Waals surface area contributed by atoms with Crippen molar-refractivity contribution < 1.29 is 19.5 Å². The molecule has 6 nitrogen and oxygen atoms in total. The molecule has 4 N–H and O–H groups in total. The van der Waals surface area contributed by atoms with Crippen LogP contribution in [0.4, 0.5) is 0 Å². The minimum Gasteiger partial charge on any atom is -0.481 e. The topological polar surface area (TPSA) is 109 Å². The van der Waals surface area contributed by atoms with Crippen LogP contribution in [0.1, 0.15) is 20.3 Å². The lowest BCUT2D eigenvalue weighted by Crippen LogP contribution is -2.50. The number of nitrogens with one attached hydrogen (secondary N) is 1. The normalized spacial score (nSPS) is 14.1. The molecule has 0 heterocycles. The summed E-state index contributed by atoms with van der Waals surface area (Å²) in [7, 11) is 0.828. The Morgan fingerprint density at radius 3 is 2.28 bits per heavy atom. The van der Waals surface area contributed by atoms with Crippen molar-refractivity contribution in [3.8, 4) is 0 Å². The molecular weight excluding hydrogens is 276 g/mol. The van der Waals surface area contributed by atoms with E-state index in [9.17, 15) is 14.4 Å². The van der Waals surface area contributed by atoms with Gasteiger partial charge in [0.25, 0.3) is 0 Å². The average Bonchev–Trinajstić information content (AvgIpc) is 2.31. The zero-order valence-corrected chi connectivity index (χ0v) is 12.0. The number of Topliss-reactive ketones (excluding diaryl/α,β-unsaturated/α-hetero) is 1. The highest BCUT2D eigenvalue weighted by Gasteiger charge is 2.27. The molecule has 0 bridgehead atoms. The number of carboxylic acids is 1. The fourth-order valence-corrected chi connectivity index (χ4v) is 2.14. The van der Waals surface area contributed by atoms with E-state index >= 15 is 0 Å². The lowest BCUT2D eigenvalue weighted by atomic mass is 10.0. The Hall–Kier alpha value is -0.730. The van der Waals surface area contributed by atoms with Crippen molar-refractivity contribution in [3.05, 3.63) is 0 Å². The summed E-state index contributed by atoms with van der Waals surface area (Å²) in [5, 5.41) is 10.2. The molecule has 0 radical (unpaired) electrons. The van der Waals surface area contributed by atoms with E-state index in [0.717, 1.165) is 10.8 Å². The first kappa shape index (κ1) is 17.3. The fourth-order valence-electron chi connectivity index (χ4n) is 1.25. The van der Waals surface area contributed by atoms with Gasteiger partial charge in [-0.1, -0.05) is 24.6 Å². The van der Waals surface area contributed by atoms with Crippen molar-refractivity contribution in [1.82, 2.24) is 5.32 Å². The lowest BCUT2D eigenvalue weighted by molar-refractivity contribution is -0.138. The lowest BCUT2D eigenvalue weighted by Gasteiger charge is -2.20. The number of thiol groups is 1. The van der Waals surface area contributed by atoms with Gasteiger partial charge >= 0.3 is 5.97 Å². The predicted octanol–water partition coefficient (Wildman–Crippen LogP) is 0.0763.